The molecule has 1 amide bonds. The third-order valence-corrected chi connectivity index (χ3v) is 4.44. The van der Waals surface area contributed by atoms with Crippen LogP contribution in [0.5, 0.6) is 0 Å². The normalized spacial score (nSPS) is 13.9. The number of aromatic nitrogens is 1. The molecule has 1 unspecified atom stereocenters. The largest absolute Gasteiger partial charge is 0.391 e. The minimum Gasteiger partial charge on any atom is -0.346 e. The van der Waals surface area contributed by atoms with E-state index in [1.807, 2.05) is 0 Å². The van der Waals surface area contributed by atoms with Gasteiger partial charge in [0.2, 0.25) is 0 Å². The highest BCUT2D eigenvalue weighted by atomic mass is 19.4. The first-order chi connectivity index (χ1) is 13.5. The number of hydrogen-bond acceptors (Lipinski definition) is 2. The van der Waals surface area contributed by atoms with Crippen molar-refractivity contribution in [3.63, 3.8) is 0 Å². The van der Waals surface area contributed by atoms with E-state index < -0.39 is 35.7 Å². The fraction of sp³-hybridized carbons (Fsp3) is 0.238. The van der Waals surface area contributed by atoms with E-state index in [4.69, 9.17) is 0 Å². The lowest BCUT2D eigenvalue weighted by Crippen LogP contribution is -2.50. The smallest absolute Gasteiger partial charge is 0.346 e. The number of hydrogen-bond donors (Lipinski definition) is 1. The molecule has 0 radical (unpaired) electrons. The van der Waals surface area contributed by atoms with E-state index in [1.165, 1.54) is 37.3 Å². The van der Waals surface area contributed by atoms with E-state index in [0.29, 0.717) is 10.9 Å². The summed E-state index contributed by atoms with van der Waals surface area (Å²) >= 11 is 0. The highest BCUT2D eigenvalue weighted by Gasteiger charge is 2.40. The van der Waals surface area contributed by atoms with Gasteiger partial charge >= 0.3 is 6.18 Å². The molecule has 0 saturated heterocycles. The molecule has 0 saturated carbocycles. The average molecular weight is 408 g/mol. The van der Waals surface area contributed by atoms with Crippen molar-refractivity contribution in [3.8, 4) is 0 Å². The summed E-state index contributed by atoms with van der Waals surface area (Å²) in [6.45, 7) is 1.27. The molecule has 0 fully saturated rings. The Balaban J connectivity index is 1.88. The predicted octanol–water partition coefficient (Wildman–Crippen LogP) is 5.20. The fourth-order valence-electron chi connectivity index (χ4n) is 3.24. The van der Waals surface area contributed by atoms with Crippen molar-refractivity contribution < 1.29 is 26.7 Å². The SMILES string of the molecule is CC(Cc1ccc(F)cc1)(CC(F)(F)F)NC(=O)c1cnc2c(F)cccc2c1. The van der Waals surface area contributed by atoms with Gasteiger partial charge in [0.15, 0.2) is 0 Å². The number of halogens is 5. The lowest BCUT2D eigenvalue weighted by Gasteiger charge is -2.32. The predicted molar refractivity (Wildman–Crippen MR) is 98.3 cm³/mol. The topological polar surface area (TPSA) is 42.0 Å². The number of fused-ring (bicyclic) bond motifs is 1. The van der Waals surface area contributed by atoms with Crippen LogP contribution < -0.4 is 5.32 Å². The summed E-state index contributed by atoms with van der Waals surface area (Å²) in [7, 11) is 0. The Hall–Kier alpha value is -3.03. The fourth-order valence-corrected chi connectivity index (χ4v) is 3.24. The molecule has 0 aliphatic heterocycles. The van der Waals surface area contributed by atoms with E-state index >= 15 is 0 Å². The lowest BCUT2D eigenvalue weighted by atomic mass is 9.88. The zero-order valence-corrected chi connectivity index (χ0v) is 15.4. The first-order valence-corrected chi connectivity index (χ1v) is 8.73. The van der Waals surface area contributed by atoms with Crippen LogP contribution in [0.3, 0.4) is 0 Å². The van der Waals surface area contributed by atoms with Crippen molar-refractivity contribution in [2.45, 2.75) is 31.5 Å². The molecule has 152 valence electrons. The van der Waals surface area contributed by atoms with Gasteiger partial charge in [-0.25, -0.2) is 8.78 Å². The number of nitrogens with one attached hydrogen (secondary N) is 1. The molecule has 29 heavy (non-hydrogen) atoms. The number of rotatable bonds is 5. The Morgan fingerprint density at radius 2 is 1.76 bits per heavy atom. The van der Waals surface area contributed by atoms with Gasteiger partial charge in [-0.2, -0.15) is 13.2 Å². The first-order valence-electron chi connectivity index (χ1n) is 8.73. The van der Waals surface area contributed by atoms with E-state index in [0.717, 1.165) is 18.3 Å². The Morgan fingerprint density at radius 1 is 1.07 bits per heavy atom. The summed E-state index contributed by atoms with van der Waals surface area (Å²) < 4.78 is 66.3. The second-order valence-corrected chi connectivity index (χ2v) is 7.15. The molecule has 1 N–H and O–H groups in total. The number of benzene rings is 2. The quantitative estimate of drug-likeness (QED) is 0.590. The molecule has 3 aromatic rings. The maximum Gasteiger partial charge on any atom is 0.391 e. The highest BCUT2D eigenvalue weighted by Crippen LogP contribution is 2.30. The number of pyridine rings is 1. The van der Waals surface area contributed by atoms with Gasteiger partial charge in [0, 0.05) is 11.6 Å². The van der Waals surface area contributed by atoms with Crippen molar-refractivity contribution in [1.82, 2.24) is 10.3 Å². The summed E-state index contributed by atoms with van der Waals surface area (Å²) in [5.74, 6) is -1.84. The maximum absolute atomic E-state index is 13.7. The molecule has 0 bridgehead atoms. The van der Waals surface area contributed by atoms with Gasteiger partial charge in [-0.15, -0.1) is 0 Å². The molecule has 0 spiro atoms. The molecule has 1 aromatic heterocycles. The summed E-state index contributed by atoms with van der Waals surface area (Å²) in [6, 6.07) is 10.6. The van der Waals surface area contributed by atoms with Gasteiger partial charge in [0.05, 0.1) is 17.5 Å². The average Bonchev–Trinajstić information content (AvgIpc) is 2.62. The third kappa shape index (κ3) is 5.28. The third-order valence-electron chi connectivity index (χ3n) is 4.44. The monoisotopic (exact) mass is 408 g/mol. The van der Waals surface area contributed by atoms with Gasteiger partial charge in [0.25, 0.3) is 5.91 Å². The summed E-state index contributed by atoms with van der Waals surface area (Å²) in [6.07, 6.45) is -4.85. The molecule has 2 aromatic carbocycles. The van der Waals surface area contributed by atoms with E-state index in [2.05, 4.69) is 10.3 Å². The van der Waals surface area contributed by atoms with Crippen LogP contribution >= 0.6 is 0 Å². The van der Waals surface area contributed by atoms with Crippen LogP contribution in [0.15, 0.2) is 54.7 Å². The molecule has 1 atom stereocenters. The molecule has 0 aliphatic rings. The second-order valence-electron chi connectivity index (χ2n) is 7.15. The van der Waals surface area contributed by atoms with Crippen molar-refractivity contribution in [3.05, 3.63) is 77.5 Å². The number of alkyl halides is 3. The van der Waals surface area contributed by atoms with Crippen molar-refractivity contribution in [2.75, 3.05) is 0 Å². The van der Waals surface area contributed by atoms with Crippen LogP contribution in [-0.2, 0) is 6.42 Å². The van der Waals surface area contributed by atoms with E-state index in [9.17, 15) is 26.7 Å². The summed E-state index contributed by atoms with van der Waals surface area (Å²) in [5.41, 5.74) is -1.16. The Morgan fingerprint density at radius 3 is 2.41 bits per heavy atom. The van der Waals surface area contributed by atoms with Gasteiger partial charge in [-0.05, 0) is 43.2 Å². The molecule has 8 heteroatoms. The Kier molecular flexibility index (Phi) is 5.55. The van der Waals surface area contributed by atoms with E-state index in [-0.39, 0.29) is 17.5 Å². The second kappa shape index (κ2) is 7.77. The maximum atomic E-state index is 13.7. The van der Waals surface area contributed by atoms with Gasteiger partial charge < -0.3 is 5.32 Å². The van der Waals surface area contributed by atoms with Crippen molar-refractivity contribution in [2.24, 2.45) is 0 Å². The van der Waals surface area contributed by atoms with Crippen molar-refractivity contribution >= 4 is 16.8 Å². The number of nitrogens with zero attached hydrogens (tertiary/aromatic N) is 1. The Labute approximate surface area is 163 Å². The number of amides is 1. The van der Waals surface area contributed by atoms with Crippen LogP contribution in [-0.4, -0.2) is 22.6 Å². The standard InChI is InChI=1S/C21H17F5N2O/c1-20(12-21(24,25)26,10-13-5-7-16(22)8-6-13)28-19(29)15-9-14-3-2-4-17(23)18(14)27-11-15/h2-9,11H,10,12H2,1H3,(H,28,29). The van der Waals surface area contributed by atoms with Crippen molar-refractivity contribution in [1.29, 1.82) is 0 Å². The van der Waals surface area contributed by atoms with Crippen LogP contribution in [0.2, 0.25) is 0 Å². The zero-order chi connectivity index (χ0) is 21.2. The molecular weight excluding hydrogens is 391 g/mol. The van der Waals surface area contributed by atoms with E-state index in [1.54, 1.807) is 6.07 Å². The van der Waals surface area contributed by atoms with Crippen LogP contribution in [0.4, 0.5) is 22.0 Å². The number of carbonyl (C=O) groups is 1. The van der Waals surface area contributed by atoms with Gasteiger partial charge in [-0.1, -0.05) is 24.3 Å². The first kappa shape index (κ1) is 20.7. The molecule has 3 rings (SSSR count). The summed E-state index contributed by atoms with van der Waals surface area (Å²) in [5, 5.41) is 2.78. The molecule has 1 heterocycles. The molecule has 0 aliphatic carbocycles. The van der Waals surface area contributed by atoms with Crippen LogP contribution in [0.25, 0.3) is 10.9 Å². The summed E-state index contributed by atoms with van der Waals surface area (Å²) in [4.78, 5) is 16.5. The Bertz CT molecular complexity index is 1030. The van der Waals surface area contributed by atoms with Gasteiger partial charge in [-0.3, -0.25) is 9.78 Å². The molecular formula is C21H17F5N2O. The minimum absolute atomic E-state index is 0.00982. The highest BCUT2D eigenvalue weighted by molar-refractivity contribution is 5.97. The number of carbonyl (C=O) groups excluding carboxylic acids is 1. The van der Waals surface area contributed by atoms with Crippen LogP contribution in [0.1, 0.15) is 29.3 Å². The zero-order valence-electron chi connectivity index (χ0n) is 15.4. The van der Waals surface area contributed by atoms with Crippen LogP contribution in [0, 0.1) is 11.6 Å². The number of para-hydroxylation sites is 1. The molecule has 3 nitrogen and oxygen atoms in total. The van der Waals surface area contributed by atoms with Gasteiger partial charge in [0.1, 0.15) is 17.2 Å². The lowest BCUT2D eigenvalue weighted by molar-refractivity contribution is -0.147. The minimum atomic E-state index is -4.53.